The lowest BCUT2D eigenvalue weighted by Gasteiger charge is -2.32. The minimum atomic E-state index is -1.39. The summed E-state index contributed by atoms with van der Waals surface area (Å²) in [7, 11) is 0. The summed E-state index contributed by atoms with van der Waals surface area (Å²) in [6.45, 7) is 3.88. The predicted octanol–water partition coefficient (Wildman–Crippen LogP) is 1.30. The SMILES string of the molecule is CC[C@@H]1NC(=O)[C@@H]2CCCN2C(=O)[C@@H]2CCCN2C(=O)CCSCc2cc(CSCCNC(=O)CCC(C(=O)O)N3CCN(CC(=O)O)CCN(CC(=O)O)CC3)cc(c2)CSCCNC(=O)[C@H](Cc2ccccc2)NC(=O)[C@H](CCC(=O)O)NC1=O. The molecule has 3 fully saturated rings. The maximum absolute atomic E-state index is 14.2. The zero-order valence-electron chi connectivity index (χ0n) is 49.3. The normalized spacial score (nSPS) is 23.0. The lowest BCUT2D eigenvalue weighted by atomic mass is 10.0. The summed E-state index contributed by atoms with van der Waals surface area (Å²) in [4.78, 5) is 153. The van der Waals surface area contributed by atoms with Gasteiger partial charge in [0.2, 0.25) is 41.4 Å². The Morgan fingerprint density at radius 1 is 0.655 bits per heavy atom. The Kier molecular flexibility index (Phi) is 28.9. The predicted molar refractivity (Wildman–Crippen MR) is 329 cm³/mol. The molecule has 0 radical (unpaired) electrons. The molecule has 28 heteroatoms. The van der Waals surface area contributed by atoms with Gasteiger partial charge < -0.3 is 56.8 Å². The third kappa shape index (κ3) is 23.2. The van der Waals surface area contributed by atoms with Crippen molar-refractivity contribution in [1.82, 2.24) is 51.1 Å². The zero-order valence-corrected chi connectivity index (χ0v) is 51.8. The molecule has 478 valence electrons. The monoisotopic (exact) mass is 1270 g/mol. The molecular formula is C59H84N10O15S3. The maximum Gasteiger partial charge on any atom is 0.320 e. The molecule has 25 nitrogen and oxygen atoms in total. The highest BCUT2D eigenvalue weighted by Crippen LogP contribution is 2.28. The summed E-state index contributed by atoms with van der Waals surface area (Å²) in [5.41, 5.74) is 3.81. The first-order valence-corrected chi connectivity index (χ1v) is 33.3. The van der Waals surface area contributed by atoms with E-state index in [-0.39, 0.29) is 109 Å². The Morgan fingerprint density at radius 2 is 1.25 bits per heavy atom. The zero-order chi connectivity index (χ0) is 62.8. The van der Waals surface area contributed by atoms with Crippen LogP contribution < -0.4 is 26.6 Å². The summed E-state index contributed by atoms with van der Waals surface area (Å²) in [6, 6.07) is 8.96. The molecule has 87 heavy (non-hydrogen) atoms. The number of thioether (sulfide) groups is 3. The highest BCUT2D eigenvalue weighted by atomic mass is 32.2. The number of carbonyl (C=O) groups is 11. The van der Waals surface area contributed by atoms with Gasteiger partial charge in [0.05, 0.1) is 13.1 Å². The lowest BCUT2D eigenvalue weighted by molar-refractivity contribution is -0.146. The Bertz CT molecular complexity index is 2690. The Hall–Kier alpha value is -6.46. The van der Waals surface area contributed by atoms with Crippen LogP contribution in [0.25, 0.3) is 0 Å². The van der Waals surface area contributed by atoms with Gasteiger partial charge in [-0.3, -0.25) is 67.4 Å². The van der Waals surface area contributed by atoms with Crippen molar-refractivity contribution < 1.29 is 73.2 Å². The number of rotatable bonds is 20. The van der Waals surface area contributed by atoms with E-state index in [4.69, 9.17) is 0 Å². The number of carbonyl (C=O) groups excluding carboxylic acids is 7. The molecule has 7 amide bonds. The topological polar surface area (TPSA) is 345 Å². The molecule has 2 aromatic carbocycles. The van der Waals surface area contributed by atoms with Gasteiger partial charge in [-0.2, -0.15) is 35.3 Å². The molecule has 0 spiro atoms. The van der Waals surface area contributed by atoms with E-state index in [9.17, 15) is 73.2 Å². The Balaban J connectivity index is 1.12. The molecule has 4 aliphatic rings. The van der Waals surface area contributed by atoms with Crippen molar-refractivity contribution in [3.8, 4) is 0 Å². The second-order valence-electron chi connectivity index (χ2n) is 22.1. The van der Waals surface area contributed by atoms with Gasteiger partial charge in [-0.25, -0.2) is 0 Å². The molecule has 0 saturated carbocycles. The molecule has 6 rings (SSSR count). The van der Waals surface area contributed by atoms with Crippen LogP contribution in [0, 0.1) is 0 Å². The molecule has 0 aromatic heterocycles. The van der Waals surface area contributed by atoms with E-state index in [1.54, 1.807) is 86.1 Å². The van der Waals surface area contributed by atoms with Crippen LogP contribution in [0.4, 0.5) is 0 Å². The van der Waals surface area contributed by atoms with Gasteiger partial charge in [0.15, 0.2) is 0 Å². The van der Waals surface area contributed by atoms with Crippen LogP contribution in [0.5, 0.6) is 0 Å². The van der Waals surface area contributed by atoms with Crippen LogP contribution in [0.1, 0.15) is 93.4 Å². The van der Waals surface area contributed by atoms with Gasteiger partial charge >= 0.3 is 23.9 Å². The first-order valence-electron chi connectivity index (χ1n) is 29.8. The van der Waals surface area contributed by atoms with Gasteiger partial charge in [-0.1, -0.05) is 55.5 Å². The second-order valence-corrected chi connectivity index (χ2v) is 25.4. The minimum absolute atomic E-state index is 0.0103. The third-order valence-corrected chi connectivity index (χ3v) is 18.7. The molecule has 3 saturated heterocycles. The van der Waals surface area contributed by atoms with Crippen molar-refractivity contribution in [2.24, 2.45) is 0 Å². The summed E-state index contributed by atoms with van der Waals surface area (Å²) in [6.07, 6.45) is 1.42. The van der Waals surface area contributed by atoms with E-state index >= 15 is 0 Å². The molecule has 4 heterocycles. The molecular weight excluding hydrogens is 1180 g/mol. The summed E-state index contributed by atoms with van der Waals surface area (Å²) < 4.78 is 0. The lowest BCUT2D eigenvalue weighted by Crippen LogP contribution is -2.59. The van der Waals surface area contributed by atoms with Crippen molar-refractivity contribution in [3.63, 3.8) is 0 Å². The van der Waals surface area contributed by atoms with Crippen molar-refractivity contribution in [2.75, 3.05) is 95.8 Å². The summed E-state index contributed by atoms with van der Waals surface area (Å²) in [5, 5.41) is 52.7. The summed E-state index contributed by atoms with van der Waals surface area (Å²) >= 11 is 4.77. The fourth-order valence-corrected chi connectivity index (χ4v) is 13.6. The van der Waals surface area contributed by atoms with E-state index in [1.807, 2.05) is 6.07 Å². The number of fused-ring (bicyclic) bond motifs is 4. The number of hydrogen-bond acceptors (Lipinski definition) is 17. The van der Waals surface area contributed by atoms with Crippen LogP contribution in [0.3, 0.4) is 0 Å². The Morgan fingerprint density at radius 3 is 1.89 bits per heavy atom. The number of aliphatic carboxylic acids is 4. The first kappa shape index (κ1) is 69.6. The number of nitrogens with zero attached hydrogens (tertiary/aromatic N) is 5. The number of carboxylic acids is 4. The average Bonchev–Trinajstić information content (AvgIpc) is 3.43. The van der Waals surface area contributed by atoms with Crippen LogP contribution >= 0.6 is 35.3 Å². The molecule has 2 aromatic rings. The quantitative estimate of drug-likeness (QED) is 0.0844. The van der Waals surface area contributed by atoms with E-state index in [0.29, 0.717) is 86.4 Å². The van der Waals surface area contributed by atoms with E-state index in [0.717, 1.165) is 22.3 Å². The number of carboxylic acid groups (broad SMARTS) is 4. The second kappa shape index (κ2) is 36.1. The number of amides is 7. The van der Waals surface area contributed by atoms with E-state index in [1.165, 1.54) is 4.90 Å². The molecule has 2 bridgehead atoms. The van der Waals surface area contributed by atoms with Crippen LogP contribution in [0.2, 0.25) is 0 Å². The highest BCUT2D eigenvalue weighted by molar-refractivity contribution is 7.99. The van der Waals surface area contributed by atoms with Crippen molar-refractivity contribution in [1.29, 1.82) is 0 Å². The average molecular weight is 1270 g/mol. The number of benzene rings is 2. The minimum Gasteiger partial charge on any atom is -0.481 e. The molecule has 1 unspecified atom stereocenters. The van der Waals surface area contributed by atoms with Gasteiger partial charge in [-0.15, -0.1) is 0 Å². The van der Waals surface area contributed by atoms with Gasteiger partial charge in [-0.05, 0) is 67.2 Å². The molecule has 9 N–H and O–H groups in total. The van der Waals surface area contributed by atoms with Crippen molar-refractivity contribution >= 4 is 101 Å². The smallest absolute Gasteiger partial charge is 0.320 e. The third-order valence-electron chi connectivity index (χ3n) is 15.7. The highest BCUT2D eigenvalue weighted by Gasteiger charge is 2.43. The van der Waals surface area contributed by atoms with Gasteiger partial charge in [0.25, 0.3) is 0 Å². The molecule has 0 aliphatic carbocycles. The fraction of sp³-hybridized carbons (Fsp3) is 0.610. The van der Waals surface area contributed by atoms with Crippen molar-refractivity contribution in [3.05, 3.63) is 70.8 Å². The number of hydrogen-bond donors (Lipinski definition) is 9. The fourth-order valence-electron chi connectivity index (χ4n) is 11.2. The standard InChI is InChI=1S/C59H84N10O15S3/c1-2-43-55(79)63-44(12-15-51(72)73)56(80)64-45(33-39-8-4-3-5-9-39)54(78)61-18-29-87-38-42-31-40(36-85-27-16-50(71)68-19-7-11-47(68)58(82)69-20-6-10-46(69)57(81)62-43)30-41(32-42)37-86-28-17-60-49(70)14-13-48(59(83)84)67-25-23-65(34-52(74)75)21-22-66(24-26-67)35-53(76)77/h3-5,8-9,30-32,43-48H,2,6-7,10-29,33-38H2,1H3,(H,60,70)(H,61,78)(H,62,81)(H,63,79)(H,64,80)(H,72,73)(H,74,75)(H,76,77)(H,83,84)/t43-,44-,45-,46-,47-,48?/m0/s1. The first-order chi connectivity index (χ1) is 41.8. The van der Waals surface area contributed by atoms with Crippen LogP contribution in [0.15, 0.2) is 48.5 Å². The maximum atomic E-state index is 14.2. The van der Waals surface area contributed by atoms with Gasteiger partial charge in [0.1, 0.15) is 36.3 Å². The van der Waals surface area contributed by atoms with Crippen LogP contribution in [-0.2, 0) is 76.4 Å². The number of nitrogens with one attached hydrogen (secondary N) is 5. The largest absolute Gasteiger partial charge is 0.481 e. The van der Waals surface area contributed by atoms with Crippen molar-refractivity contribution in [2.45, 2.75) is 131 Å². The van der Waals surface area contributed by atoms with E-state index in [2.05, 4.69) is 44.8 Å². The van der Waals surface area contributed by atoms with E-state index < -0.39 is 90.2 Å². The Labute approximate surface area is 519 Å². The molecule has 6 atom stereocenters. The van der Waals surface area contributed by atoms with Crippen LogP contribution in [-0.4, -0.2) is 242 Å². The van der Waals surface area contributed by atoms with Gasteiger partial charge in [0, 0.05) is 126 Å². The molecule has 4 aliphatic heterocycles. The summed E-state index contributed by atoms with van der Waals surface area (Å²) in [5.74, 6) is -4.59.